The number of hydrogen-bond donors (Lipinski definition) is 5. The predicted molar refractivity (Wildman–Crippen MR) is 93.2 cm³/mol. The van der Waals surface area contributed by atoms with E-state index in [0.29, 0.717) is 41.1 Å². The fraction of sp³-hybridized carbons (Fsp3) is 0.571. The highest BCUT2D eigenvalue weighted by Crippen LogP contribution is 2.26. The predicted octanol–water partition coefficient (Wildman–Crippen LogP) is 1.12. The Hall–Kier alpha value is -2.42. The van der Waals surface area contributed by atoms with Crippen LogP contribution >= 0.6 is 0 Å². The number of anilines is 4. The monoisotopic (exact) mass is 320 g/mol. The summed E-state index contributed by atoms with van der Waals surface area (Å²) in [5.74, 6) is 2.17. The molecule has 126 valence electrons. The average Bonchev–Trinajstić information content (AvgIpc) is 2.56. The van der Waals surface area contributed by atoms with E-state index in [9.17, 15) is 5.11 Å². The second-order valence-electron chi connectivity index (χ2n) is 5.15. The van der Waals surface area contributed by atoms with Crippen molar-refractivity contribution < 1.29 is 5.11 Å². The van der Waals surface area contributed by atoms with Crippen LogP contribution in [0, 0.1) is 0 Å². The summed E-state index contributed by atoms with van der Waals surface area (Å²) >= 11 is 0. The van der Waals surface area contributed by atoms with E-state index >= 15 is 0 Å². The normalized spacial score (nSPS) is 12.0. The summed E-state index contributed by atoms with van der Waals surface area (Å²) in [4.78, 5) is 17.8. The lowest BCUT2D eigenvalue weighted by Crippen LogP contribution is -2.18. The van der Waals surface area contributed by atoms with E-state index in [1.54, 1.807) is 21.0 Å². The molecule has 0 saturated heterocycles. The fourth-order valence-corrected chi connectivity index (χ4v) is 2.00. The number of nitrogens with zero attached hydrogens (tertiary/aromatic N) is 4. The molecule has 0 aliphatic rings. The maximum absolute atomic E-state index is 9.39. The second-order valence-corrected chi connectivity index (χ2v) is 5.15. The first kappa shape index (κ1) is 16.9. The first-order chi connectivity index (χ1) is 11.1. The zero-order chi connectivity index (χ0) is 16.8. The number of hydrogen-bond acceptors (Lipinski definition) is 9. The summed E-state index contributed by atoms with van der Waals surface area (Å²) in [5, 5.41) is 21.6. The second kappa shape index (κ2) is 7.73. The maximum Gasteiger partial charge on any atom is 0.225 e. The molecule has 2 aromatic heterocycles. The number of aliphatic hydroxyl groups excluding tert-OH is 1. The summed E-state index contributed by atoms with van der Waals surface area (Å²) < 4.78 is 0. The first-order valence-electron chi connectivity index (χ1n) is 7.70. The van der Waals surface area contributed by atoms with E-state index in [2.05, 4.69) is 48.1 Å². The van der Waals surface area contributed by atoms with Gasteiger partial charge in [-0.05, 0) is 13.3 Å². The van der Waals surface area contributed by atoms with Crippen LogP contribution in [0.15, 0.2) is 0 Å². The molecule has 0 aromatic carbocycles. The van der Waals surface area contributed by atoms with E-state index in [0.717, 1.165) is 13.0 Å². The molecule has 0 spiro atoms. The highest BCUT2D eigenvalue weighted by molar-refractivity contribution is 5.94. The molecule has 0 bridgehead atoms. The Balaban J connectivity index is 2.49. The Morgan fingerprint density at radius 2 is 1.43 bits per heavy atom. The molecule has 0 radical (unpaired) electrons. The van der Waals surface area contributed by atoms with Gasteiger partial charge in [0.15, 0.2) is 11.6 Å². The molecular weight excluding hydrogens is 296 g/mol. The Morgan fingerprint density at radius 1 is 0.913 bits per heavy atom. The minimum absolute atomic E-state index is 0.362. The van der Waals surface area contributed by atoms with Gasteiger partial charge in [-0.1, -0.05) is 6.92 Å². The lowest BCUT2D eigenvalue weighted by Gasteiger charge is -2.13. The van der Waals surface area contributed by atoms with Crippen molar-refractivity contribution in [3.8, 4) is 0 Å². The van der Waals surface area contributed by atoms with Gasteiger partial charge in [0, 0.05) is 27.2 Å². The van der Waals surface area contributed by atoms with Crippen molar-refractivity contribution in [1.82, 2.24) is 19.9 Å². The molecular formula is C14H24N8O. The Kier molecular flexibility index (Phi) is 5.69. The van der Waals surface area contributed by atoms with Gasteiger partial charge in [0.25, 0.3) is 0 Å². The molecule has 1 atom stereocenters. The molecule has 2 rings (SSSR count). The van der Waals surface area contributed by atoms with Gasteiger partial charge in [-0.2, -0.15) is 9.97 Å². The highest BCUT2D eigenvalue weighted by atomic mass is 16.3. The van der Waals surface area contributed by atoms with Crippen molar-refractivity contribution >= 4 is 34.6 Å². The fourth-order valence-electron chi connectivity index (χ4n) is 2.00. The van der Waals surface area contributed by atoms with Crippen molar-refractivity contribution in [3.05, 3.63) is 0 Å². The quantitative estimate of drug-likeness (QED) is 0.487. The first-order valence-corrected chi connectivity index (χ1v) is 7.70. The SMILES string of the molecule is CCCNc1nc(NC)c2nc(NC[C@H](C)O)nc(NC)c2n1. The van der Waals surface area contributed by atoms with Crippen LogP contribution in [-0.4, -0.2) is 58.3 Å². The molecule has 0 amide bonds. The molecule has 0 aliphatic heterocycles. The van der Waals surface area contributed by atoms with Crippen LogP contribution in [0.1, 0.15) is 20.3 Å². The molecule has 23 heavy (non-hydrogen) atoms. The molecule has 9 heteroatoms. The molecule has 5 N–H and O–H groups in total. The van der Waals surface area contributed by atoms with Crippen molar-refractivity contribution in [3.63, 3.8) is 0 Å². The molecule has 0 aliphatic carbocycles. The largest absolute Gasteiger partial charge is 0.392 e. The molecule has 2 heterocycles. The van der Waals surface area contributed by atoms with Crippen LogP contribution in [0.25, 0.3) is 11.0 Å². The van der Waals surface area contributed by atoms with Gasteiger partial charge < -0.3 is 26.4 Å². The van der Waals surface area contributed by atoms with Gasteiger partial charge >= 0.3 is 0 Å². The summed E-state index contributed by atoms with van der Waals surface area (Å²) in [6.45, 7) is 4.93. The maximum atomic E-state index is 9.39. The Morgan fingerprint density at radius 3 is 1.87 bits per heavy atom. The minimum atomic E-state index is -0.493. The van der Waals surface area contributed by atoms with Gasteiger partial charge in [-0.3, -0.25) is 0 Å². The number of aliphatic hydroxyl groups is 1. The molecule has 0 fully saturated rings. The molecule has 0 saturated carbocycles. The summed E-state index contributed by atoms with van der Waals surface area (Å²) in [6.07, 6.45) is 0.487. The number of rotatable bonds is 8. The summed E-state index contributed by atoms with van der Waals surface area (Å²) in [7, 11) is 3.57. The van der Waals surface area contributed by atoms with Crippen LogP contribution in [0.3, 0.4) is 0 Å². The van der Waals surface area contributed by atoms with Crippen LogP contribution in [-0.2, 0) is 0 Å². The van der Waals surface area contributed by atoms with E-state index in [-0.39, 0.29) is 0 Å². The van der Waals surface area contributed by atoms with Crippen LogP contribution in [0.5, 0.6) is 0 Å². The van der Waals surface area contributed by atoms with Crippen molar-refractivity contribution in [2.24, 2.45) is 0 Å². The third kappa shape index (κ3) is 4.07. The Labute approximate surface area is 135 Å². The number of fused-ring (bicyclic) bond motifs is 1. The van der Waals surface area contributed by atoms with Gasteiger partial charge in [0.05, 0.1) is 6.10 Å². The van der Waals surface area contributed by atoms with Crippen LogP contribution < -0.4 is 21.3 Å². The van der Waals surface area contributed by atoms with E-state index in [1.807, 2.05) is 0 Å². The van der Waals surface area contributed by atoms with Crippen LogP contribution in [0.4, 0.5) is 23.5 Å². The van der Waals surface area contributed by atoms with E-state index in [1.165, 1.54) is 0 Å². The smallest absolute Gasteiger partial charge is 0.225 e. The lowest BCUT2D eigenvalue weighted by atomic mass is 10.3. The van der Waals surface area contributed by atoms with Crippen molar-refractivity contribution in [2.75, 3.05) is 48.5 Å². The topological polar surface area (TPSA) is 120 Å². The minimum Gasteiger partial charge on any atom is -0.392 e. The zero-order valence-electron chi connectivity index (χ0n) is 13.9. The molecule has 9 nitrogen and oxygen atoms in total. The standard InChI is InChI=1S/C14H24N8O/c1-5-6-17-13-19-9-10(11(15-3)21-13)20-14(18-7-8(2)23)22-12(9)16-4/h8,23H,5-7H2,1-4H3,(H2,15,17,19,21)(H2,16,18,20,22)/t8-/m0/s1. The summed E-state index contributed by atoms with van der Waals surface area (Å²) in [6, 6.07) is 0. The zero-order valence-corrected chi connectivity index (χ0v) is 13.9. The van der Waals surface area contributed by atoms with Gasteiger partial charge in [-0.15, -0.1) is 0 Å². The van der Waals surface area contributed by atoms with Gasteiger partial charge in [0.1, 0.15) is 11.0 Å². The third-order valence-corrected chi connectivity index (χ3v) is 3.11. The number of nitrogens with one attached hydrogen (secondary N) is 4. The van der Waals surface area contributed by atoms with Crippen LogP contribution in [0.2, 0.25) is 0 Å². The van der Waals surface area contributed by atoms with Gasteiger partial charge in [-0.25, -0.2) is 9.97 Å². The van der Waals surface area contributed by atoms with Gasteiger partial charge in [0.2, 0.25) is 11.9 Å². The number of aromatic nitrogens is 4. The van der Waals surface area contributed by atoms with Crippen molar-refractivity contribution in [2.45, 2.75) is 26.4 Å². The molecule has 2 aromatic rings. The van der Waals surface area contributed by atoms with Crippen molar-refractivity contribution in [1.29, 1.82) is 0 Å². The van der Waals surface area contributed by atoms with E-state index < -0.39 is 6.10 Å². The lowest BCUT2D eigenvalue weighted by molar-refractivity contribution is 0.208. The molecule has 0 unspecified atom stereocenters. The average molecular weight is 320 g/mol. The van der Waals surface area contributed by atoms with E-state index in [4.69, 9.17) is 0 Å². The highest BCUT2D eigenvalue weighted by Gasteiger charge is 2.14. The summed E-state index contributed by atoms with van der Waals surface area (Å²) in [5.41, 5.74) is 1.25. The Bertz CT molecular complexity index is 661. The third-order valence-electron chi connectivity index (χ3n) is 3.11.